The molecule has 0 radical (unpaired) electrons. The van der Waals surface area contributed by atoms with Crippen LogP contribution in [0.25, 0.3) is 10.9 Å². The van der Waals surface area contributed by atoms with Gasteiger partial charge in [-0.05, 0) is 115 Å². The topological polar surface area (TPSA) is 87.0 Å². The van der Waals surface area contributed by atoms with E-state index in [-0.39, 0.29) is 29.4 Å². The number of nitrogens with zero attached hydrogens (tertiary/aromatic N) is 7. The van der Waals surface area contributed by atoms with Crippen molar-refractivity contribution in [1.29, 1.82) is 0 Å². The summed E-state index contributed by atoms with van der Waals surface area (Å²) >= 11 is 0. The first-order valence-electron chi connectivity index (χ1n) is 19.2. The van der Waals surface area contributed by atoms with E-state index in [2.05, 4.69) is 59.7 Å². The van der Waals surface area contributed by atoms with E-state index in [1.54, 1.807) is 11.9 Å². The summed E-state index contributed by atoms with van der Waals surface area (Å²) < 4.78 is 24.0. The first-order chi connectivity index (χ1) is 25.3. The van der Waals surface area contributed by atoms with E-state index in [4.69, 9.17) is 4.74 Å². The second kappa shape index (κ2) is 15.1. The first-order valence-corrected chi connectivity index (χ1v) is 19.2. The maximum absolute atomic E-state index is 16.1. The Morgan fingerprint density at radius 3 is 2.38 bits per heavy atom. The number of pyridine rings is 3. The molecule has 0 N–H and O–H groups in total. The molecule has 3 aliphatic rings. The molecule has 7 rings (SSSR count). The lowest BCUT2D eigenvalue weighted by atomic mass is 10.0. The Labute approximate surface area is 312 Å². The van der Waals surface area contributed by atoms with Gasteiger partial charge in [-0.3, -0.25) is 19.7 Å². The number of benzene rings is 1. The molecular weight excluding hydrogens is 670 g/mol. The van der Waals surface area contributed by atoms with Gasteiger partial charge in [0.15, 0.2) is 5.43 Å². The van der Waals surface area contributed by atoms with Gasteiger partial charge in [0.05, 0.1) is 23.1 Å². The number of carbonyl (C=O) groups is 1. The van der Waals surface area contributed by atoms with Gasteiger partial charge in [0.2, 0.25) is 0 Å². The monoisotopic (exact) mass is 723 g/mol. The van der Waals surface area contributed by atoms with Crippen molar-refractivity contribution in [1.82, 2.24) is 24.3 Å². The van der Waals surface area contributed by atoms with Gasteiger partial charge >= 0.3 is 6.09 Å². The van der Waals surface area contributed by atoms with E-state index in [1.165, 1.54) is 6.07 Å². The molecule has 2 saturated heterocycles. The Morgan fingerprint density at radius 2 is 1.70 bits per heavy atom. The zero-order chi connectivity index (χ0) is 37.4. The number of rotatable bonds is 9. The van der Waals surface area contributed by atoms with Crippen molar-refractivity contribution >= 4 is 28.4 Å². The van der Waals surface area contributed by atoms with E-state index < -0.39 is 5.60 Å². The van der Waals surface area contributed by atoms with E-state index >= 15 is 4.39 Å². The molecule has 1 aromatic carbocycles. The van der Waals surface area contributed by atoms with Crippen LogP contribution < -0.4 is 15.2 Å². The molecule has 1 saturated carbocycles. The zero-order valence-electron chi connectivity index (χ0n) is 32.1. The summed E-state index contributed by atoms with van der Waals surface area (Å²) in [6.45, 7) is 13.8. The van der Waals surface area contributed by atoms with Gasteiger partial charge in [0, 0.05) is 99.2 Å². The fourth-order valence-corrected chi connectivity index (χ4v) is 8.01. The van der Waals surface area contributed by atoms with Crippen LogP contribution in [0.3, 0.4) is 0 Å². The molecule has 10 nitrogen and oxygen atoms in total. The predicted molar refractivity (Wildman–Crippen MR) is 208 cm³/mol. The third-order valence-corrected chi connectivity index (χ3v) is 11.0. The standard InChI is InChI=1S/C42H54FN7O3/c1-28-9-10-34(23-45-28)48-17-7-8-35(27-48)49(24-30-13-16-44-29(2)20-30)25-31-26-50(33-11-12-33)38-22-39(37(43)21-36(38)40(31)51)47-18-14-32(15-19-47)46(6)41(52)53-42(3,4)5/h9-10,13,16,20-23,26,32-33,35H,7-8,11-12,14-15,17-19,24-25,27H2,1-6H3/t35-/m0/s1. The Kier molecular flexibility index (Phi) is 10.5. The van der Waals surface area contributed by atoms with Crippen molar-refractivity contribution in [3.8, 4) is 0 Å². The van der Waals surface area contributed by atoms with Gasteiger partial charge < -0.3 is 24.0 Å². The summed E-state index contributed by atoms with van der Waals surface area (Å²) in [5.74, 6) is -0.383. The van der Waals surface area contributed by atoms with Crippen LogP contribution in [-0.2, 0) is 17.8 Å². The summed E-state index contributed by atoms with van der Waals surface area (Å²) in [5, 5.41) is 0.436. The molecular formula is C42H54FN7O3. The molecule has 5 heterocycles. The van der Waals surface area contributed by atoms with Crippen LogP contribution in [0.15, 0.2) is 59.8 Å². The average Bonchev–Trinajstić information content (AvgIpc) is 3.98. The summed E-state index contributed by atoms with van der Waals surface area (Å²) in [6.07, 6.45) is 11.1. The lowest BCUT2D eigenvalue weighted by molar-refractivity contribution is 0.0200. The number of amides is 1. The van der Waals surface area contributed by atoms with Gasteiger partial charge in [0.1, 0.15) is 11.4 Å². The first kappa shape index (κ1) is 36.8. The Balaban J connectivity index is 1.16. The predicted octanol–water partition coefficient (Wildman–Crippen LogP) is 7.39. The largest absolute Gasteiger partial charge is 0.444 e. The van der Waals surface area contributed by atoms with Crippen LogP contribution in [-0.4, -0.2) is 81.3 Å². The molecule has 0 bridgehead atoms. The van der Waals surface area contributed by atoms with Crippen LogP contribution in [0.2, 0.25) is 0 Å². The van der Waals surface area contributed by atoms with E-state index in [1.807, 2.05) is 53.1 Å². The van der Waals surface area contributed by atoms with Crippen LogP contribution in [0, 0.1) is 19.7 Å². The quantitative estimate of drug-likeness (QED) is 0.177. The van der Waals surface area contributed by atoms with Crippen molar-refractivity contribution in [3.63, 3.8) is 0 Å². The summed E-state index contributed by atoms with van der Waals surface area (Å²) in [6, 6.07) is 12.3. The van der Waals surface area contributed by atoms with Crippen molar-refractivity contribution in [2.75, 3.05) is 43.0 Å². The number of aromatic nitrogens is 3. The minimum absolute atomic E-state index is 0.0145. The highest BCUT2D eigenvalue weighted by Gasteiger charge is 2.32. The highest BCUT2D eigenvalue weighted by Crippen LogP contribution is 2.39. The second-order valence-electron chi connectivity index (χ2n) is 16.4. The Hall–Kier alpha value is -4.51. The molecule has 4 aromatic rings. The number of piperidine rings is 2. The number of fused-ring (bicyclic) bond motifs is 1. The van der Waals surface area contributed by atoms with Gasteiger partial charge in [0.25, 0.3) is 0 Å². The lowest BCUT2D eigenvalue weighted by Gasteiger charge is -2.40. The molecule has 3 fully saturated rings. The van der Waals surface area contributed by atoms with Crippen LogP contribution in [0.5, 0.6) is 0 Å². The van der Waals surface area contributed by atoms with E-state index in [0.29, 0.717) is 61.7 Å². The van der Waals surface area contributed by atoms with Gasteiger partial charge in [-0.2, -0.15) is 0 Å². The zero-order valence-corrected chi connectivity index (χ0v) is 32.1. The van der Waals surface area contributed by atoms with Gasteiger partial charge in [-0.15, -0.1) is 0 Å². The Morgan fingerprint density at radius 1 is 0.925 bits per heavy atom. The SMILES string of the molecule is Cc1ccc(N2CCC[C@H](N(Cc3ccnc(C)c3)Cc3cn(C4CC4)c4cc(N5CCC(N(C)C(=O)OC(C)(C)C)CC5)c(F)cc4c3=O)C2)cn1. The van der Waals surface area contributed by atoms with Crippen LogP contribution in [0.1, 0.15) is 87.9 Å². The average molecular weight is 724 g/mol. The third-order valence-electron chi connectivity index (χ3n) is 11.0. The van der Waals surface area contributed by atoms with Crippen molar-refractivity contribution < 1.29 is 13.9 Å². The lowest BCUT2D eigenvalue weighted by Crippen LogP contribution is -2.48. The fourth-order valence-electron chi connectivity index (χ4n) is 8.01. The van der Waals surface area contributed by atoms with Crippen molar-refractivity contribution in [3.05, 3.63) is 93.5 Å². The van der Waals surface area contributed by atoms with Crippen LogP contribution >= 0.6 is 0 Å². The number of aryl methyl sites for hydroxylation is 2. The molecule has 2 aliphatic heterocycles. The molecule has 11 heteroatoms. The van der Waals surface area contributed by atoms with Gasteiger partial charge in [-0.1, -0.05) is 0 Å². The number of hydrogen-bond donors (Lipinski definition) is 0. The number of carbonyl (C=O) groups excluding carboxylic acids is 1. The molecule has 0 spiro atoms. The number of anilines is 2. The summed E-state index contributed by atoms with van der Waals surface area (Å²) in [4.78, 5) is 44.6. The molecule has 1 amide bonds. The van der Waals surface area contributed by atoms with Gasteiger partial charge in [-0.25, -0.2) is 9.18 Å². The van der Waals surface area contributed by atoms with Crippen molar-refractivity contribution in [2.45, 2.75) is 110 Å². The summed E-state index contributed by atoms with van der Waals surface area (Å²) in [5.41, 5.74) is 5.57. The Bertz CT molecular complexity index is 2000. The minimum atomic E-state index is -0.564. The summed E-state index contributed by atoms with van der Waals surface area (Å²) in [7, 11) is 1.78. The normalized spacial score (nSPS) is 18.5. The number of halogens is 1. The molecule has 53 heavy (non-hydrogen) atoms. The molecule has 3 aromatic heterocycles. The fraction of sp³-hybridized carbons (Fsp3) is 0.524. The highest BCUT2D eigenvalue weighted by atomic mass is 19.1. The molecule has 0 unspecified atom stereocenters. The van der Waals surface area contributed by atoms with E-state index in [0.717, 1.165) is 66.9 Å². The maximum Gasteiger partial charge on any atom is 0.410 e. The third kappa shape index (κ3) is 8.51. The number of hydrogen-bond acceptors (Lipinski definition) is 8. The molecule has 282 valence electrons. The molecule has 1 aliphatic carbocycles. The van der Waals surface area contributed by atoms with Crippen molar-refractivity contribution in [2.24, 2.45) is 0 Å². The number of ether oxygens (including phenoxy) is 1. The highest BCUT2D eigenvalue weighted by molar-refractivity contribution is 5.84. The maximum atomic E-state index is 16.1. The smallest absolute Gasteiger partial charge is 0.410 e. The van der Waals surface area contributed by atoms with E-state index in [9.17, 15) is 9.59 Å². The molecule has 1 atom stereocenters. The minimum Gasteiger partial charge on any atom is -0.444 e. The van der Waals surface area contributed by atoms with Crippen LogP contribution in [0.4, 0.5) is 20.6 Å². The second-order valence-corrected chi connectivity index (χ2v) is 16.4.